The molecule has 0 radical (unpaired) electrons. The summed E-state index contributed by atoms with van der Waals surface area (Å²) in [5.74, 6) is 5.31. The number of hydrogen-bond donors (Lipinski definition) is 3. The number of anilines is 1. The van der Waals surface area contributed by atoms with Gasteiger partial charge in [0, 0.05) is 15.3 Å². The number of amides is 1. The minimum atomic E-state index is -0.0739. The third kappa shape index (κ3) is 3.18. The first-order valence-electron chi connectivity index (χ1n) is 6.45. The van der Waals surface area contributed by atoms with E-state index >= 15 is 0 Å². The van der Waals surface area contributed by atoms with Crippen LogP contribution in [0, 0.1) is 13.8 Å². The van der Waals surface area contributed by atoms with E-state index in [1.165, 1.54) is 4.88 Å². The summed E-state index contributed by atoms with van der Waals surface area (Å²) in [7, 11) is 0. The molecule has 1 atom stereocenters. The SMILES string of the molecule is Cc1ccc(C(C)NC(=O)c2ccc(NN)c(C)c2)s1. The number of hydrogen-bond acceptors (Lipinski definition) is 4. The van der Waals surface area contributed by atoms with E-state index in [-0.39, 0.29) is 11.9 Å². The zero-order valence-electron chi connectivity index (χ0n) is 11.9. The molecule has 0 fully saturated rings. The summed E-state index contributed by atoms with van der Waals surface area (Å²) in [6.45, 7) is 5.97. The van der Waals surface area contributed by atoms with E-state index in [0.29, 0.717) is 5.56 Å². The number of rotatable bonds is 4. The monoisotopic (exact) mass is 289 g/mol. The smallest absolute Gasteiger partial charge is 0.251 e. The van der Waals surface area contributed by atoms with Gasteiger partial charge in [-0.3, -0.25) is 10.6 Å². The first-order chi connectivity index (χ1) is 9.51. The highest BCUT2D eigenvalue weighted by Gasteiger charge is 2.13. The third-order valence-electron chi connectivity index (χ3n) is 3.18. The van der Waals surface area contributed by atoms with Crippen molar-refractivity contribution >= 4 is 22.9 Å². The summed E-state index contributed by atoms with van der Waals surface area (Å²) in [6, 6.07) is 9.53. The van der Waals surface area contributed by atoms with Crippen LogP contribution < -0.4 is 16.6 Å². The molecule has 0 aliphatic carbocycles. The molecule has 5 heteroatoms. The molecule has 0 aliphatic heterocycles. The van der Waals surface area contributed by atoms with Gasteiger partial charge in [-0.1, -0.05) is 0 Å². The first-order valence-corrected chi connectivity index (χ1v) is 7.27. The van der Waals surface area contributed by atoms with Crippen LogP contribution in [0.15, 0.2) is 30.3 Å². The van der Waals surface area contributed by atoms with Crippen LogP contribution in [0.5, 0.6) is 0 Å². The number of nitrogens with two attached hydrogens (primary N) is 1. The number of carbonyl (C=O) groups is 1. The van der Waals surface area contributed by atoms with Crippen LogP contribution >= 0.6 is 11.3 Å². The van der Waals surface area contributed by atoms with Crippen molar-refractivity contribution in [2.75, 3.05) is 5.43 Å². The number of thiophene rings is 1. The molecule has 1 amide bonds. The van der Waals surface area contributed by atoms with Gasteiger partial charge in [0.2, 0.25) is 0 Å². The van der Waals surface area contributed by atoms with Crippen LogP contribution in [-0.2, 0) is 0 Å². The summed E-state index contributed by atoms with van der Waals surface area (Å²) in [4.78, 5) is 14.6. The Labute approximate surface area is 123 Å². The molecule has 4 N–H and O–H groups in total. The second-order valence-electron chi connectivity index (χ2n) is 4.82. The number of nitrogen functional groups attached to an aromatic ring is 1. The fourth-order valence-electron chi connectivity index (χ4n) is 2.00. The van der Waals surface area contributed by atoms with Crippen molar-refractivity contribution in [2.24, 2.45) is 5.84 Å². The van der Waals surface area contributed by atoms with Gasteiger partial charge in [-0.15, -0.1) is 11.3 Å². The largest absolute Gasteiger partial charge is 0.345 e. The van der Waals surface area contributed by atoms with Crippen LogP contribution in [0.4, 0.5) is 5.69 Å². The van der Waals surface area contributed by atoms with Crippen LogP contribution in [0.25, 0.3) is 0 Å². The summed E-state index contributed by atoms with van der Waals surface area (Å²) in [5, 5.41) is 3.01. The van der Waals surface area contributed by atoms with Crippen molar-refractivity contribution < 1.29 is 4.79 Å². The van der Waals surface area contributed by atoms with Gasteiger partial charge >= 0.3 is 0 Å². The molecule has 2 rings (SSSR count). The number of benzene rings is 1. The lowest BCUT2D eigenvalue weighted by atomic mass is 10.1. The quantitative estimate of drug-likeness (QED) is 0.598. The van der Waals surface area contributed by atoms with Crippen molar-refractivity contribution in [3.63, 3.8) is 0 Å². The Kier molecular flexibility index (Phi) is 4.42. The van der Waals surface area contributed by atoms with E-state index in [4.69, 9.17) is 5.84 Å². The van der Waals surface area contributed by atoms with E-state index in [1.807, 2.05) is 26.0 Å². The maximum atomic E-state index is 12.2. The molecule has 1 heterocycles. The van der Waals surface area contributed by atoms with Crippen molar-refractivity contribution in [2.45, 2.75) is 26.8 Å². The molecular formula is C15H19N3OS. The molecule has 1 unspecified atom stereocenters. The molecule has 1 aromatic heterocycles. The Balaban J connectivity index is 2.10. The lowest BCUT2D eigenvalue weighted by Gasteiger charge is -2.13. The highest BCUT2D eigenvalue weighted by atomic mass is 32.1. The molecule has 0 spiro atoms. The fourth-order valence-corrected chi connectivity index (χ4v) is 2.88. The van der Waals surface area contributed by atoms with Gasteiger partial charge in [0.05, 0.1) is 11.7 Å². The van der Waals surface area contributed by atoms with Crippen LogP contribution in [-0.4, -0.2) is 5.91 Å². The fraction of sp³-hybridized carbons (Fsp3) is 0.267. The van der Waals surface area contributed by atoms with Crippen molar-refractivity contribution in [3.05, 3.63) is 51.2 Å². The number of aryl methyl sites for hydroxylation is 2. The lowest BCUT2D eigenvalue weighted by molar-refractivity contribution is 0.0940. The standard InChI is InChI=1S/C15H19N3OS/c1-9-8-12(5-6-13(9)18-16)15(19)17-11(3)14-7-4-10(2)20-14/h4-8,11,18H,16H2,1-3H3,(H,17,19). The van der Waals surface area contributed by atoms with Gasteiger partial charge in [-0.25, -0.2) is 0 Å². The molecule has 0 saturated heterocycles. The van der Waals surface area contributed by atoms with E-state index in [1.54, 1.807) is 17.4 Å². The summed E-state index contributed by atoms with van der Waals surface area (Å²) < 4.78 is 0. The second kappa shape index (κ2) is 6.07. The molecule has 106 valence electrons. The Morgan fingerprint density at radius 1 is 1.25 bits per heavy atom. The van der Waals surface area contributed by atoms with Crippen LogP contribution in [0.3, 0.4) is 0 Å². The molecule has 1 aromatic carbocycles. The van der Waals surface area contributed by atoms with Gasteiger partial charge in [-0.05, 0) is 56.7 Å². The molecule has 20 heavy (non-hydrogen) atoms. The van der Waals surface area contributed by atoms with Gasteiger partial charge in [0.1, 0.15) is 0 Å². The minimum Gasteiger partial charge on any atom is -0.345 e. The predicted molar refractivity (Wildman–Crippen MR) is 83.9 cm³/mol. The van der Waals surface area contributed by atoms with Gasteiger partial charge in [0.15, 0.2) is 0 Å². The Morgan fingerprint density at radius 2 is 2.00 bits per heavy atom. The molecule has 0 bridgehead atoms. The number of hydrazine groups is 1. The molecule has 0 aliphatic rings. The molecular weight excluding hydrogens is 270 g/mol. The lowest BCUT2D eigenvalue weighted by Crippen LogP contribution is -2.26. The summed E-state index contributed by atoms with van der Waals surface area (Å²) in [6.07, 6.45) is 0. The molecule has 2 aromatic rings. The van der Waals surface area contributed by atoms with Gasteiger partial charge < -0.3 is 10.7 Å². The Hall–Kier alpha value is -1.85. The maximum absolute atomic E-state index is 12.2. The topological polar surface area (TPSA) is 67.2 Å². The highest BCUT2D eigenvalue weighted by molar-refractivity contribution is 7.12. The van der Waals surface area contributed by atoms with Crippen molar-refractivity contribution in [1.82, 2.24) is 5.32 Å². The van der Waals surface area contributed by atoms with Crippen molar-refractivity contribution in [3.8, 4) is 0 Å². The third-order valence-corrected chi connectivity index (χ3v) is 4.36. The van der Waals surface area contributed by atoms with E-state index in [0.717, 1.165) is 16.1 Å². The zero-order valence-corrected chi connectivity index (χ0v) is 12.7. The van der Waals surface area contributed by atoms with Crippen LogP contribution in [0.2, 0.25) is 0 Å². The average molecular weight is 289 g/mol. The summed E-state index contributed by atoms with van der Waals surface area (Å²) >= 11 is 1.70. The van der Waals surface area contributed by atoms with E-state index in [9.17, 15) is 4.79 Å². The predicted octanol–water partition coefficient (Wildman–Crippen LogP) is 3.14. The highest BCUT2D eigenvalue weighted by Crippen LogP contribution is 2.23. The Bertz CT molecular complexity index is 621. The molecule has 0 saturated carbocycles. The average Bonchev–Trinajstić information content (AvgIpc) is 2.85. The van der Waals surface area contributed by atoms with E-state index in [2.05, 4.69) is 29.8 Å². The zero-order chi connectivity index (χ0) is 14.7. The number of carbonyl (C=O) groups excluding carboxylic acids is 1. The van der Waals surface area contributed by atoms with Crippen molar-refractivity contribution in [1.29, 1.82) is 0 Å². The van der Waals surface area contributed by atoms with Crippen LogP contribution in [0.1, 0.15) is 38.6 Å². The van der Waals surface area contributed by atoms with Gasteiger partial charge in [-0.2, -0.15) is 0 Å². The molecule has 4 nitrogen and oxygen atoms in total. The first kappa shape index (κ1) is 14.6. The Morgan fingerprint density at radius 3 is 2.55 bits per heavy atom. The summed E-state index contributed by atoms with van der Waals surface area (Å²) in [5.41, 5.74) is 5.01. The maximum Gasteiger partial charge on any atom is 0.251 e. The van der Waals surface area contributed by atoms with E-state index < -0.39 is 0 Å². The minimum absolute atomic E-state index is 0.00816. The normalized spacial score (nSPS) is 12.0. The second-order valence-corrected chi connectivity index (χ2v) is 6.14. The number of nitrogens with one attached hydrogen (secondary N) is 2. The van der Waals surface area contributed by atoms with Gasteiger partial charge in [0.25, 0.3) is 5.91 Å².